The van der Waals surface area contributed by atoms with Crippen molar-refractivity contribution >= 4 is 33.0 Å². The molecule has 1 N–H and O–H groups in total. The molecule has 3 aliphatic heterocycles. The molecule has 0 aliphatic carbocycles. The number of benzene rings is 1. The fraction of sp³-hybridized carbons (Fsp3) is 0.533. The second-order valence-corrected chi connectivity index (χ2v) is 12.5. The zero-order valence-corrected chi connectivity index (χ0v) is 24.8. The van der Waals surface area contributed by atoms with Crippen LogP contribution in [0.1, 0.15) is 55.9 Å². The summed E-state index contributed by atoms with van der Waals surface area (Å²) >= 11 is 0. The van der Waals surface area contributed by atoms with E-state index in [1.807, 2.05) is 0 Å². The largest absolute Gasteiger partial charge is 0.463 e. The van der Waals surface area contributed by atoms with Gasteiger partial charge in [-0.05, 0) is 57.2 Å². The smallest absolute Gasteiger partial charge is 0.418 e. The zero-order chi connectivity index (χ0) is 31.2. The molecule has 3 fully saturated rings. The molecule has 8 rings (SSSR count). The molecule has 0 bridgehead atoms. The Morgan fingerprint density at radius 3 is 2.78 bits per heavy atom. The highest BCUT2D eigenvalue weighted by Gasteiger charge is 2.49. The van der Waals surface area contributed by atoms with Crippen LogP contribution in [-0.2, 0) is 18.0 Å². The molecular weight excluding hydrogens is 596 g/mol. The molecule has 0 amide bonds. The molecular formula is C30H32F4N8O3. The summed E-state index contributed by atoms with van der Waals surface area (Å²) in [4.78, 5) is 22.8. The van der Waals surface area contributed by atoms with E-state index in [0.717, 1.165) is 32.2 Å². The lowest BCUT2D eigenvalue weighted by Crippen LogP contribution is -2.43. The number of fused-ring (bicyclic) bond motifs is 5. The predicted molar refractivity (Wildman–Crippen MR) is 156 cm³/mol. The lowest BCUT2D eigenvalue weighted by Gasteiger charge is -2.30. The SMILES string of the molecule is Cc1cc2c(cnn2C2CCCCO2)c(-n2ncc3c4c(=O)[nH]c(OC[C@@]56CCCN5C[C@H](F)C6)nc4n(C)c32)c1C(F)(F)F. The maximum Gasteiger partial charge on any atom is 0.418 e. The van der Waals surface area contributed by atoms with Crippen molar-refractivity contribution in [2.45, 2.75) is 69.6 Å². The van der Waals surface area contributed by atoms with Crippen LogP contribution in [0.4, 0.5) is 17.6 Å². The minimum atomic E-state index is -4.71. The summed E-state index contributed by atoms with van der Waals surface area (Å²) < 4.78 is 74.8. The number of H-pyrrole nitrogens is 1. The van der Waals surface area contributed by atoms with Crippen molar-refractivity contribution in [3.05, 3.63) is 39.9 Å². The first kappa shape index (κ1) is 28.5. The van der Waals surface area contributed by atoms with E-state index in [9.17, 15) is 22.4 Å². The molecule has 3 atom stereocenters. The number of aryl methyl sites for hydroxylation is 2. The molecule has 3 saturated heterocycles. The third-order valence-corrected chi connectivity index (χ3v) is 9.76. The van der Waals surface area contributed by atoms with Gasteiger partial charge in [0.25, 0.3) is 11.6 Å². The number of aromatic amines is 1. The van der Waals surface area contributed by atoms with Crippen molar-refractivity contribution in [2.24, 2.45) is 7.05 Å². The van der Waals surface area contributed by atoms with E-state index in [0.29, 0.717) is 36.9 Å². The average molecular weight is 629 g/mol. The summed E-state index contributed by atoms with van der Waals surface area (Å²) in [6.45, 7) is 3.31. The van der Waals surface area contributed by atoms with Gasteiger partial charge in [-0.15, -0.1) is 0 Å². The number of hydrogen-bond donors (Lipinski definition) is 1. The standard InChI is InChI=1S/C30H32F4N8O3/c1-16-10-20-18(12-35-41(20)21-6-3-4-9-44-21)24(23(16)30(32,33)34)42-27-19(13-36-42)22-25(39(27)2)37-28(38-26(22)43)45-15-29-7-5-8-40(29)14-17(31)11-29/h10,12-13,17,21H,3-9,11,14-15H2,1-2H3,(H,37,38,43)/t17-,21?,29+/m1/s1. The third kappa shape index (κ3) is 4.30. The van der Waals surface area contributed by atoms with Crippen LogP contribution in [0.2, 0.25) is 0 Å². The predicted octanol–water partition coefficient (Wildman–Crippen LogP) is 4.93. The van der Waals surface area contributed by atoms with Crippen LogP contribution in [-0.4, -0.2) is 77.0 Å². The molecule has 1 unspecified atom stereocenters. The molecule has 15 heteroatoms. The van der Waals surface area contributed by atoms with Crippen LogP contribution in [0, 0.1) is 6.92 Å². The van der Waals surface area contributed by atoms with Crippen LogP contribution >= 0.6 is 0 Å². The number of nitrogens with zero attached hydrogens (tertiary/aromatic N) is 7. The number of rotatable bonds is 5. The van der Waals surface area contributed by atoms with Gasteiger partial charge in [0.05, 0.1) is 45.5 Å². The fourth-order valence-corrected chi connectivity index (χ4v) is 7.77. The Balaban J connectivity index is 1.27. The molecule has 45 heavy (non-hydrogen) atoms. The monoisotopic (exact) mass is 628 g/mol. The van der Waals surface area contributed by atoms with Gasteiger partial charge >= 0.3 is 6.18 Å². The Hall–Kier alpha value is -3.98. The minimum absolute atomic E-state index is 0.0133. The van der Waals surface area contributed by atoms with Gasteiger partial charge < -0.3 is 14.0 Å². The molecule has 11 nitrogen and oxygen atoms in total. The number of hydrogen-bond acceptors (Lipinski definition) is 7. The highest BCUT2D eigenvalue weighted by Crippen LogP contribution is 2.43. The van der Waals surface area contributed by atoms with E-state index in [4.69, 9.17) is 9.47 Å². The van der Waals surface area contributed by atoms with Crippen molar-refractivity contribution in [1.29, 1.82) is 0 Å². The molecule has 7 heterocycles. The first-order valence-corrected chi connectivity index (χ1v) is 15.2. The van der Waals surface area contributed by atoms with E-state index in [1.165, 1.54) is 30.1 Å². The van der Waals surface area contributed by atoms with Crippen molar-refractivity contribution in [1.82, 2.24) is 39.0 Å². The van der Waals surface area contributed by atoms with Crippen LogP contribution < -0.4 is 10.3 Å². The summed E-state index contributed by atoms with van der Waals surface area (Å²) in [6.07, 6.45) is 1.43. The van der Waals surface area contributed by atoms with Gasteiger partial charge in [-0.3, -0.25) is 14.7 Å². The number of aromatic nitrogens is 7. The Morgan fingerprint density at radius 1 is 1.18 bits per heavy atom. The summed E-state index contributed by atoms with van der Waals surface area (Å²) in [7, 11) is 1.63. The lowest BCUT2D eigenvalue weighted by atomic mass is 9.95. The van der Waals surface area contributed by atoms with Crippen molar-refractivity contribution in [3.63, 3.8) is 0 Å². The Bertz CT molecular complexity index is 2020. The number of nitrogens with one attached hydrogen (secondary N) is 1. The molecule has 238 valence electrons. The molecule has 0 radical (unpaired) electrons. The molecule has 1 aromatic carbocycles. The van der Waals surface area contributed by atoms with Gasteiger partial charge in [0.1, 0.15) is 18.4 Å². The van der Waals surface area contributed by atoms with E-state index in [1.54, 1.807) is 16.3 Å². The van der Waals surface area contributed by atoms with E-state index in [-0.39, 0.29) is 52.2 Å². The quantitative estimate of drug-likeness (QED) is 0.275. The van der Waals surface area contributed by atoms with E-state index in [2.05, 4.69) is 25.1 Å². The second kappa shape index (κ2) is 10.0. The summed E-state index contributed by atoms with van der Waals surface area (Å²) in [6, 6.07) is 1.46. The van der Waals surface area contributed by atoms with Gasteiger partial charge in [0, 0.05) is 32.0 Å². The van der Waals surface area contributed by atoms with Crippen molar-refractivity contribution in [2.75, 3.05) is 26.3 Å². The Kier molecular flexibility index (Phi) is 6.34. The minimum Gasteiger partial charge on any atom is -0.463 e. The van der Waals surface area contributed by atoms with Crippen LogP contribution in [0.25, 0.3) is 38.7 Å². The third-order valence-electron chi connectivity index (χ3n) is 9.76. The second-order valence-electron chi connectivity index (χ2n) is 12.5. The van der Waals surface area contributed by atoms with Crippen LogP contribution in [0.15, 0.2) is 23.3 Å². The number of alkyl halides is 4. The molecule has 4 aromatic heterocycles. The Morgan fingerprint density at radius 2 is 2.00 bits per heavy atom. The zero-order valence-electron chi connectivity index (χ0n) is 24.8. The van der Waals surface area contributed by atoms with Gasteiger partial charge in [0.15, 0.2) is 11.9 Å². The molecule has 5 aromatic rings. The molecule has 0 saturated carbocycles. The number of halogens is 4. The van der Waals surface area contributed by atoms with Gasteiger partial charge in [-0.2, -0.15) is 28.4 Å². The van der Waals surface area contributed by atoms with Gasteiger partial charge in [-0.25, -0.2) is 13.8 Å². The summed E-state index contributed by atoms with van der Waals surface area (Å²) in [5, 5.41) is 9.64. The maximum absolute atomic E-state index is 14.7. The molecule has 0 spiro atoms. The average Bonchev–Trinajstić information content (AvgIpc) is 3.79. The normalized spacial score (nSPS) is 24.4. The van der Waals surface area contributed by atoms with Crippen LogP contribution in [0.3, 0.4) is 0 Å². The lowest BCUT2D eigenvalue weighted by molar-refractivity contribution is -0.137. The fourth-order valence-electron chi connectivity index (χ4n) is 7.77. The maximum atomic E-state index is 14.7. The van der Waals surface area contributed by atoms with E-state index >= 15 is 0 Å². The van der Waals surface area contributed by atoms with Crippen molar-refractivity contribution in [3.8, 4) is 11.7 Å². The van der Waals surface area contributed by atoms with E-state index < -0.39 is 29.0 Å². The highest BCUT2D eigenvalue weighted by atomic mass is 19.4. The summed E-state index contributed by atoms with van der Waals surface area (Å²) in [5.74, 6) is 0. The van der Waals surface area contributed by atoms with Gasteiger partial charge in [0.2, 0.25) is 0 Å². The van der Waals surface area contributed by atoms with Crippen molar-refractivity contribution < 1.29 is 27.0 Å². The first-order valence-electron chi connectivity index (χ1n) is 15.2. The summed E-state index contributed by atoms with van der Waals surface area (Å²) in [5.41, 5.74) is -0.976. The topological polar surface area (TPSA) is 108 Å². The Labute approximate surface area is 253 Å². The van der Waals surface area contributed by atoms with Gasteiger partial charge in [-0.1, -0.05) is 0 Å². The number of ether oxygens (including phenoxy) is 2. The van der Waals surface area contributed by atoms with Crippen LogP contribution in [0.5, 0.6) is 6.01 Å². The molecule has 3 aliphatic rings. The first-order chi connectivity index (χ1) is 21.6. The highest BCUT2D eigenvalue weighted by molar-refractivity contribution is 6.06.